The lowest BCUT2D eigenvalue weighted by Crippen LogP contribution is -2.16. The normalized spacial score (nSPS) is 12.6. The van der Waals surface area contributed by atoms with Gasteiger partial charge in [-0.3, -0.25) is 4.99 Å². The Morgan fingerprint density at radius 2 is 2.15 bits per heavy atom. The van der Waals surface area contributed by atoms with Crippen LogP contribution >= 0.6 is 11.6 Å². The molecule has 0 bridgehead atoms. The molecular weight excluding hydrogens is 371 g/mol. The van der Waals surface area contributed by atoms with Crippen LogP contribution in [0.3, 0.4) is 0 Å². The van der Waals surface area contributed by atoms with Crippen molar-refractivity contribution in [2.24, 2.45) is 15.9 Å². The van der Waals surface area contributed by atoms with Crippen LogP contribution in [0, 0.1) is 12.7 Å². The Morgan fingerprint density at radius 3 is 2.77 bits per heavy atom. The maximum absolute atomic E-state index is 13.5. The number of aromatic nitrogens is 2. The molecule has 138 valence electrons. The van der Waals surface area contributed by atoms with E-state index in [0.717, 1.165) is 13.1 Å². The van der Waals surface area contributed by atoms with Crippen molar-refractivity contribution >= 4 is 29.2 Å². The molecule has 0 atom stereocenters. The third-order valence-electron chi connectivity index (χ3n) is 3.20. The quantitative estimate of drug-likeness (QED) is 0.465. The van der Waals surface area contributed by atoms with Crippen LogP contribution in [-0.4, -0.2) is 28.5 Å². The molecule has 6 nitrogen and oxygen atoms in total. The molecule has 0 saturated carbocycles. The molecule has 1 heterocycles. The summed E-state index contributed by atoms with van der Waals surface area (Å²) >= 11 is 5.78. The van der Waals surface area contributed by atoms with E-state index in [2.05, 4.69) is 20.1 Å². The zero-order valence-corrected chi connectivity index (χ0v) is 14.6. The smallest absolute Gasteiger partial charge is 0.317 e. The molecule has 0 unspecified atom stereocenters. The van der Waals surface area contributed by atoms with Gasteiger partial charge in [0.05, 0.1) is 23.8 Å². The minimum atomic E-state index is -3.10. The van der Waals surface area contributed by atoms with E-state index in [1.807, 2.05) is 0 Å². The van der Waals surface area contributed by atoms with Crippen molar-refractivity contribution in [2.45, 2.75) is 19.8 Å². The van der Waals surface area contributed by atoms with E-state index in [4.69, 9.17) is 22.2 Å². The summed E-state index contributed by atoms with van der Waals surface area (Å²) in [4.78, 5) is 11.5. The molecule has 26 heavy (non-hydrogen) atoms. The summed E-state index contributed by atoms with van der Waals surface area (Å²) in [6.45, 7) is 2.06. The fourth-order valence-corrected chi connectivity index (χ4v) is 2.11. The second-order valence-electron chi connectivity index (χ2n) is 5.31. The average molecular weight is 386 g/mol. The van der Waals surface area contributed by atoms with E-state index in [1.165, 1.54) is 31.3 Å². The largest absolute Gasteiger partial charge is 0.457 e. The van der Waals surface area contributed by atoms with Gasteiger partial charge >= 0.3 is 6.01 Å². The second kappa shape index (κ2) is 8.13. The van der Waals surface area contributed by atoms with Crippen LogP contribution in [-0.2, 0) is 5.92 Å². The van der Waals surface area contributed by atoms with Crippen molar-refractivity contribution in [3.63, 3.8) is 0 Å². The van der Waals surface area contributed by atoms with Gasteiger partial charge in [0.15, 0.2) is 5.82 Å². The Kier molecular flexibility index (Phi) is 6.14. The lowest BCUT2D eigenvalue weighted by Gasteiger charge is -2.12. The number of hydrogen-bond acceptors (Lipinski definition) is 6. The molecule has 0 aliphatic rings. The minimum Gasteiger partial charge on any atom is -0.457 e. The highest BCUT2D eigenvalue weighted by Gasteiger charge is 2.27. The molecule has 2 rings (SSSR count). The summed E-state index contributed by atoms with van der Waals surface area (Å²) in [5.74, 6) is 1.59. The van der Waals surface area contributed by atoms with E-state index in [9.17, 15) is 13.2 Å². The van der Waals surface area contributed by atoms with Crippen LogP contribution in [0.4, 0.5) is 18.9 Å². The van der Waals surface area contributed by atoms with Gasteiger partial charge in [0.2, 0.25) is 0 Å². The molecule has 0 spiro atoms. The van der Waals surface area contributed by atoms with E-state index in [1.54, 1.807) is 0 Å². The first kappa shape index (κ1) is 19.6. The van der Waals surface area contributed by atoms with Crippen molar-refractivity contribution in [1.82, 2.24) is 9.97 Å². The van der Waals surface area contributed by atoms with Gasteiger partial charge in [0.1, 0.15) is 12.3 Å². The lowest BCUT2D eigenvalue weighted by atomic mass is 10.1. The van der Waals surface area contributed by atoms with Crippen molar-refractivity contribution < 1.29 is 17.9 Å². The predicted octanol–water partition coefficient (Wildman–Crippen LogP) is 3.79. The molecule has 2 aromatic rings. The fraction of sp³-hybridized carbons (Fsp3) is 0.250. The number of nitrogens with two attached hydrogens (primary N) is 1. The molecule has 1 aromatic heterocycles. The van der Waals surface area contributed by atoms with Gasteiger partial charge in [-0.1, -0.05) is 11.6 Å². The van der Waals surface area contributed by atoms with Crippen LogP contribution < -0.4 is 10.6 Å². The first-order chi connectivity index (χ1) is 12.2. The minimum absolute atomic E-state index is 0.0575. The van der Waals surface area contributed by atoms with Crippen LogP contribution in [0.25, 0.3) is 0 Å². The monoisotopic (exact) mass is 385 g/mol. The highest BCUT2D eigenvalue weighted by molar-refractivity contribution is 6.32. The Morgan fingerprint density at radius 1 is 1.42 bits per heavy atom. The van der Waals surface area contributed by atoms with E-state index in [0.29, 0.717) is 0 Å². The van der Waals surface area contributed by atoms with E-state index in [-0.39, 0.29) is 40.3 Å². The maximum atomic E-state index is 13.5. The van der Waals surface area contributed by atoms with Gasteiger partial charge in [-0.2, -0.15) is 10.1 Å². The number of nitrogens with zero attached hydrogens (tertiary/aromatic N) is 4. The number of alkyl halides is 2. The Labute approximate surface area is 152 Å². The van der Waals surface area contributed by atoms with Crippen molar-refractivity contribution in [1.29, 1.82) is 0 Å². The number of aryl methyl sites for hydroxylation is 1. The van der Waals surface area contributed by atoms with Crippen molar-refractivity contribution in [3.05, 3.63) is 46.5 Å². The third kappa shape index (κ3) is 5.16. The highest BCUT2D eigenvalue weighted by Crippen LogP contribution is 2.35. The van der Waals surface area contributed by atoms with Gasteiger partial charge in [0.25, 0.3) is 5.92 Å². The number of hydrazone groups is 1. The number of ether oxygens (including phenoxy) is 1. The van der Waals surface area contributed by atoms with Gasteiger partial charge in [-0.15, -0.1) is 0 Å². The first-order valence-corrected chi connectivity index (χ1v) is 7.69. The fourth-order valence-electron chi connectivity index (χ4n) is 1.83. The van der Waals surface area contributed by atoms with E-state index < -0.39 is 11.7 Å². The number of halogens is 4. The zero-order chi connectivity index (χ0) is 19.3. The molecule has 0 fully saturated rings. The van der Waals surface area contributed by atoms with Crippen LogP contribution in [0.15, 0.2) is 34.5 Å². The molecule has 0 radical (unpaired) electrons. The molecule has 2 N–H and O–H groups in total. The predicted molar refractivity (Wildman–Crippen MR) is 93.0 cm³/mol. The topological polar surface area (TPSA) is 85.8 Å². The van der Waals surface area contributed by atoms with Crippen LogP contribution in [0.2, 0.25) is 5.02 Å². The Hall–Kier alpha value is -2.68. The zero-order valence-electron chi connectivity index (χ0n) is 13.9. The van der Waals surface area contributed by atoms with Crippen molar-refractivity contribution in [2.75, 3.05) is 6.61 Å². The molecule has 0 aliphatic heterocycles. The van der Waals surface area contributed by atoms with E-state index >= 15 is 0 Å². The van der Waals surface area contributed by atoms with Gasteiger partial charge in [-0.25, -0.2) is 18.2 Å². The van der Waals surface area contributed by atoms with Crippen molar-refractivity contribution in [3.8, 4) is 6.01 Å². The summed E-state index contributed by atoms with van der Waals surface area (Å²) in [6.07, 6.45) is 2.22. The summed E-state index contributed by atoms with van der Waals surface area (Å²) in [5.41, 5.74) is 0.215. The SMILES string of the molecule is Cc1nc(OCC(C=Nc2ccc(Cl)c(C(C)(F)F)c2)=NN)ncc1F. The van der Waals surface area contributed by atoms with Gasteiger partial charge < -0.3 is 10.6 Å². The molecule has 0 aliphatic carbocycles. The summed E-state index contributed by atoms with van der Waals surface area (Å²) in [7, 11) is 0. The number of aliphatic imine (C=N–C) groups is 1. The molecule has 0 amide bonds. The molecule has 1 aromatic carbocycles. The van der Waals surface area contributed by atoms with Gasteiger partial charge in [-0.05, 0) is 25.1 Å². The maximum Gasteiger partial charge on any atom is 0.317 e. The lowest BCUT2D eigenvalue weighted by molar-refractivity contribution is 0.0176. The average Bonchev–Trinajstić information content (AvgIpc) is 2.58. The highest BCUT2D eigenvalue weighted by atomic mass is 35.5. The number of benzene rings is 1. The van der Waals surface area contributed by atoms with Crippen LogP contribution in [0.1, 0.15) is 18.2 Å². The molecular formula is C16H15ClF3N5O. The summed E-state index contributed by atoms with van der Waals surface area (Å²) in [6, 6.07) is 3.90. The third-order valence-corrected chi connectivity index (χ3v) is 3.53. The van der Waals surface area contributed by atoms with Crippen LogP contribution in [0.5, 0.6) is 6.01 Å². The van der Waals surface area contributed by atoms with Gasteiger partial charge in [0, 0.05) is 17.5 Å². The first-order valence-electron chi connectivity index (χ1n) is 7.31. The summed E-state index contributed by atoms with van der Waals surface area (Å²) in [5, 5.41) is 3.43. The number of rotatable bonds is 6. The summed E-state index contributed by atoms with van der Waals surface area (Å²) < 4.78 is 45.3. The number of hydrogen-bond donors (Lipinski definition) is 1. The molecule has 10 heteroatoms. The molecule has 0 saturated heterocycles. The second-order valence-corrected chi connectivity index (χ2v) is 5.71. The Balaban J connectivity index is 2.09. The Bertz CT molecular complexity index is 852. The standard InChI is InChI=1S/C16H15ClF3N5O/c1-9-14(18)7-23-15(24-9)26-8-11(25-21)6-22-10-3-4-13(17)12(5-10)16(2,19)20/h3-7H,8,21H2,1-2H3.